The van der Waals surface area contributed by atoms with Crippen LogP contribution in [0.4, 0.5) is 0 Å². The van der Waals surface area contributed by atoms with Crippen molar-refractivity contribution < 1.29 is 28.6 Å². The van der Waals surface area contributed by atoms with E-state index in [1.54, 1.807) is 0 Å². The minimum absolute atomic E-state index is 0.200. The van der Waals surface area contributed by atoms with Crippen LogP contribution in [0.5, 0.6) is 0 Å². The van der Waals surface area contributed by atoms with Gasteiger partial charge in [-0.3, -0.25) is 14.4 Å². The lowest BCUT2D eigenvalue weighted by Gasteiger charge is -2.16. The Kier molecular flexibility index (Phi) is 29.9. The van der Waals surface area contributed by atoms with Crippen molar-refractivity contribution in [2.45, 2.75) is 189 Å². The number of ether oxygens (including phenoxy) is 3. The van der Waals surface area contributed by atoms with E-state index in [1.807, 2.05) is 0 Å². The highest BCUT2D eigenvalue weighted by molar-refractivity contribution is 5.74. The molecule has 0 heterocycles. The maximum absolute atomic E-state index is 12.9. The first-order valence-electron chi connectivity index (χ1n) is 19.1. The summed E-state index contributed by atoms with van der Waals surface area (Å²) in [5, 5.41) is 0. The van der Waals surface area contributed by atoms with Crippen molar-refractivity contribution in [2.75, 3.05) is 19.8 Å². The maximum atomic E-state index is 12.9. The fourth-order valence-electron chi connectivity index (χ4n) is 5.53. The molecule has 0 rings (SSSR count). The van der Waals surface area contributed by atoms with E-state index in [0.29, 0.717) is 39.1 Å². The predicted molar refractivity (Wildman–Crippen MR) is 187 cm³/mol. The van der Waals surface area contributed by atoms with Crippen LogP contribution in [0.15, 0.2) is 0 Å². The van der Waals surface area contributed by atoms with Crippen molar-refractivity contribution in [3.63, 3.8) is 0 Å². The molecule has 0 radical (unpaired) electrons. The lowest BCUT2D eigenvalue weighted by molar-refractivity contribution is -0.151. The number of hydrogen-bond donors (Lipinski definition) is 0. The summed E-state index contributed by atoms with van der Waals surface area (Å²) in [6.07, 6.45) is 22.7. The van der Waals surface area contributed by atoms with Gasteiger partial charge in [0.05, 0.1) is 25.7 Å². The van der Waals surface area contributed by atoms with Gasteiger partial charge >= 0.3 is 17.9 Å². The van der Waals surface area contributed by atoms with E-state index >= 15 is 0 Å². The minimum atomic E-state index is -0.400. The fraction of sp³-hybridized carbons (Fsp3) is 0.923. The molecule has 6 heteroatoms. The minimum Gasteiger partial charge on any atom is -0.466 e. The van der Waals surface area contributed by atoms with Crippen LogP contribution in [0.25, 0.3) is 0 Å². The fourth-order valence-corrected chi connectivity index (χ4v) is 5.53. The second-order valence-electron chi connectivity index (χ2n) is 14.6. The number of carbonyl (C=O) groups excluding carboxylic acids is 3. The maximum Gasteiger partial charge on any atom is 0.308 e. The summed E-state index contributed by atoms with van der Waals surface area (Å²) in [5.74, 6) is 1.16. The molecular weight excluding hydrogens is 564 g/mol. The molecule has 6 nitrogen and oxygen atoms in total. The first kappa shape index (κ1) is 43.4. The number of esters is 3. The molecule has 1 unspecified atom stereocenters. The Bertz CT molecular complexity index is 702. The average molecular weight is 639 g/mol. The molecule has 0 amide bonds. The highest BCUT2D eigenvalue weighted by Gasteiger charge is 2.22. The van der Waals surface area contributed by atoms with Crippen molar-refractivity contribution in [3.05, 3.63) is 0 Å². The third-order valence-electron chi connectivity index (χ3n) is 8.51. The van der Waals surface area contributed by atoms with Gasteiger partial charge in [0.25, 0.3) is 0 Å². The Morgan fingerprint density at radius 1 is 0.378 bits per heavy atom. The highest BCUT2D eigenvalue weighted by atomic mass is 16.5. The van der Waals surface area contributed by atoms with Crippen LogP contribution in [0.2, 0.25) is 0 Å². The van der Waals surface area contributed by atoms with Gasteiger partial charge in [-0.05, 0) is 56.3 Å². The Morgan fingerprint density at radius 2 is 0.733 bits per heavy atom. The molecule has 0 aromatic heterocycles. The quantitative estimate of drug-likeness (QED) is 0.0414. The van der Waals surface area contributed by atoms with Crippen molar-refractivity contribution in [3.8, 4) is 0 Å². The predicted octanol–water partition coefficient (Wildman–Crippen LogP) is 11.2. The van der Waals surface area contributed by atoms with E-state index in [-0.39, 0.29) is 30.7 Å². The molecule has 0 aliphatic heterocycles. The van der Waals surface area contributed by atoms with E-state index in [2.05, 4.69) is 41.5 Å². The number of carbonyl (C=O) groups is 3. The molecule has 0 saturated heterocycles. The van der Waals surface area contributed by atoms with E-state index in [9.17, 15) is 14.4 Å². The van der Waals surface area contributed by atoms with Crippen molar-refractivity contribution in [2.24, 2.45) is 23.7 Å². The Hall–Kier alpha value is -1.59. The first-order valence-corrected chi connectivity index (χ1v) is 19.1. The van der Waals surface area contributed by atoms with Gasteiger partial charge in [0.1, 0.15) is 0 Å². The highest BCUT2D eigenvalue weighted by Crippen LogP contribution is 2.19. The molecular formula is C39H74O6. The summed E-state index contributed by atoms with van der Waals surface area (Å²) in [6, 6.07) is 0. The Balaban J connectivity index is 4.37. The molecule has 0 bridgehead atoms. The molecule has 0 spiro atoms. The van der Waals surface area contributed by atoms with Crippen LogP contribution in [0.1, 0.15) is 189 Å². The van der Waals surface area contributed by atoms with E-state index in [1.165, 1.54) is 70.6 Å². The van der Waals surface area contributed by atoms with Gasteiger partial charge in [-0.25, -0.2) is 0 Å². The number of unbranched alkanes of at least 4 members (excludes halogenated alkanes) is 12. The van der Waals surface area contributed by atoms with Crippen LogP contribution in [-0.4, -0.2) is 37.7 Å². The SMILES string of the molecule is CC(C)CCCCCCCOC(=O)CCCC(CCC(=O)OCCCCCCCC(C)C)C(=O)OCCCCCCCC(C)C. The Morgan fingerprint density at radius 3 is 1.16 bits per heavy atom. The summed E-state index contributed by atoms with van der Waals surface area (Å²) < 4.78 is 16.5. The molecule has 0 aliphatic rings. The van der Waals surface area contributed by atoms with Crippen LogP contribution >= 0.6 is 0 Å². The van der Waals surface area contributed by atoms with Gasteiger partial charge in [-0.15, -0.1) is 0 Å². The zero-order chi connectivity index (χ0) is 33.5. The second kappa shape index (κ2) is 31.0. The van der Waals surface area contributed by atoms with Gasteiger partial charge in [0.15, 0.2) is 0 Å². The van der Waals surface area contributed by atoms with Crippen LogP contribution in [0, 0.1) is 23.7 Å². The summed E-state index contributed by atoms with van der Waals surface area (Å²) in [6.45, 7) is 14.9. The molecule has 0 aliphatic carbocycles. The van der Waals surface area contributed by atoms with Gasteiger partial charge in [0, 0.05) is 12.8 Å². The molecule has 1 atom stereocenters. The first-order chi connectivity index (χ1) is 21.6. The van der Waals surface area contributed by atoms with E-state index in [0.717, 1.165) is 62.7 Å². The lowest BCUT2D eigenvalue weighted by atomic mass is 9.96. The normalized spacial score (nSPS) is 12.2. The molecule has 266 valence electrons. The second-order valence-corrected chi connectivity index (χ2v) is 14.6. The third-order valence-corrected chi connectivity index (χ3v) is 8.51. The molecule has 45 heavy (non-hydrogen) atoms. The summed E-state index contributed by atoms with van der Waals surface area (Å²) in [4.78, 5) is 37.6. The molecule has 0 fully saturated rings. The topological polar surface area (TPSA) is 78.9 Å². The van der Waals surface area contributed by atoms with E-state index < -0.39 is 5.92 Å². The van der Waals surface area contributed by atoms with Gasteiger partial charge in [0.2, 0.25) is 0 Å². The van der Waals surface area contributed by atoms with Gasteiger partial charge in [-0.1, -0.05) is 138 Å². The van der Waals surface area contributed by atoms with Crippen LogP contribution < -0.4 is 0 Å². The summed E-state index contributed by atoms with van der Waals surface area (Å²) in [7, 11) is 0. The van der Waals surface area contributed by atoms with Crippen LogP contribution in [0.3, 0.4) is 0 Å². The molecule has 0 aromatic rings. The zero-order valence-corrected chi connectivity index (χ0v) is 30.6. The number of rotatable bonds is 32. The summed E-state index contributed by atoms with van der Waals surface area (Å²) >= 11 is 0. The molecule has 0 saturated carbocycles. The standard InChI is InChI=1S/C39H74O6/c1-33(2)23-16-10-7-13-19-30-43-37(40)27-22-26-36(39(42)45-32-21-15-9-12-18-25-35(5)6)28-29-38(41)44-31-20-14-8-11-17-24-34(3)4/h33-36H,7-32H2,1-6H3. The number of hydrogen-bond acceptors (Lipinski definition) is 6. The smallest absolute Gasteiger partial charge is 0.308 e. The monoisotopic (exact) mass is 639 g/mol. The molecule has 0 aromatic carbocycles. The summed E-state index contributed by atoms with van der Waals surface area (Å²) in [5.41, 5.74) is 0. The largest absolute Gasteiger partial charge is 0.466 e. The van der Waals surface area contributed by atoms with Crippen molar-refractivity contribution >= 4 is 17.9 Å². The zero-order valence-electron chi connectivity index (χ0n) is 30.6. The van der Waals surface area contributed by atoms with Crippen molar-refractivity contribution in [1.29, 1.82) is 0 Å². The van der Waals surface area contributed by atoms with Gasteiger partial charge in [-0.2, -0.15) is 0 Å². The molecule has 0 N–H and O–H groups in total. The lowest BCUT2D eigenvalue weighted by Crippen LogP contribution is -2.21. The van der Waals surface area contributed by atoms with Crippen molar-refractivity contribution in [1.82, 2.24) is 0 Å². The third kappa shape index (κ3) is 32.2. The van der Waals surface area contributed by atoms with E-state index in [4.69, 9.17) is 14.2 Å². The Labute approximate surface area is 278 Å². The van der Waals surface area contributed by atoms with Gasteiger partial charge < -0.3 is 14.2 Å². The van der Waals surface area contributed by atoms with Crippen LogP contribution in [-0.2, 0) is 28.6 Å². The average Bonchev–Trinajstić information content (AvgIpc) is 2.98.